The number of unbranched alkanes of at least 4 members (excludes halogenated alkanes) is 1. The van der Waals surface area contributed by atoms with Crippen LogP contribution in [-0.4, -0.2) is 0 Å². The van der Waals surface area contributed by atoms with Crippen LogP contribution in [0.1, 0.15) is 19.8 Å². The van der Waals surface area contributed by atoms with Gasteiger partial charge in [-0.25, -0.2) is 0 Å². The van der Waals surface area contributed by atoms with E-state index in [-0.39, 0.29) is 0 Å². The Hall–Kier alpha value is 0.514. The molecule has 0 radical (unpaired) electrons. The van der Waals surface area contributed by atoms with E-state index in [0.717, 1.165) is 6.42 Å². The van der Waals surface area contributed by atoms with Crippen LogP contribution >= 0.6 is 18.6 Å². The molecular formula is C10H14Cl2Ti-2. The Kier molecular flexibility index (Phi) is 22.5. The first-order valence-electron chi connectivity index (χ1n) is 4.00. The third-order valence-electron chi connectivity index (χ3n) is 0.961. The smallest absolute Gasteiger partial charge is 0.171 e. The minimum absolute atomic E-state index is 0.556. The summed E-state index contributed by atoms with van der Waals surface area (Å²) in [7, 11) is 9.78. The molecule has 0 heterocycles. The van der Waals surface area contributed by atoms with Gasteiger partial charge in [-0.15, -0.1) is 0 Å². The summed E-state index contributed by atoms with van der Waals surface area (Å²) in [6, 6.07) is 12.5. The van der Waals surface area contributed by atoms with E-state index < -0.39 is 17.0 Å². The third kappa shape index (κ3) is 24.5. The Balaban J connectivity index is 0. The van der Waals surface area contributed by atoms with Gasteiger partial charge in [-0.05, 0) is 0 Å². The fourth-order valence-electron chi connectivity index (χ4n) is 0.342. The summed E-state index contributed by atoms with van der Waals surface area (Å²) < 4.78 is 0. The van der Waals surface area contributed by atoms with E-state index in [2.05, 4.69) is 19.9 Å². The van der Waals surface area contributed by atoms with E-state index in [1.165, 1.54) is 6.42 Å². The largest absolute Gasteiger partial charge is 0.184 e. The molecule has 0 saturated carbocycles. The zero-order valence-corrected chi connectivity index (χ0v) is 10.8. The molecule has 0 saturated heterocycles. The van der Waals surface area contributed by atoms with E-state index in [9.17, 15) is 0 Å². The van der Waals surface area contributed by atoms with Gasteiger partial charge in [-0.3, -0.25) is 0 Å². The Morgan fingerprint density at radius 2 is 1.62 bits per heavy atom. The van der Waals surface area contributed by atoms with Crippen molar-refractivity contribution in [1.82, 2.24) is 0 Å². The van der Waals surface area contributed by atoms with Crippen LogP contribution in [0.15, 0.2) is 30.3 Å². The van der Waals surface area contributed by atoms with Crippen molar-refractivity contribution < 1.29 is 17.0 Å². The summed E-state index contributed by atoms with van der Waals surface area (Å²) in [6.07, 6.45) is 2.28. The maximum atomic E-state index is 4.89. The second-order valence-corrected chi connectivity index (χ2v) is 4.58. The van der Waals surface area contributed by atoms with E-state index in [4.69, 9.17) is 18.6 Å². The van der Waals surface area contributed by atoms with Crippen molar-refractivity contribution in [2.45, 2.75) is 19.8 Å². The Labute approximate surface area is 98.3 Å². The van der Waals surface area contributed by atoms with E-state index >= 15 is 0 Å². The maximum absolute atomic E-state index is 4.89. The summed E-state index contributed by atoms with van der Waals surface area (Å²) in [5.41, 5.74) is 0. The monoisotopic (exact) mass is 252 g/mol. The fraction of sp³-hybridized carbons (Fsp3) is 0.300. The number of benzene rings is 1. The molecule has 1 rings (SSSR count). The molecule has 0 aliphatic carbocycles. The van der Waals surface area contributed by atoms with Crippen molar-refractivity contribution in [2.24, 2.45) is 0 Å². The molecule has 3 heteroatoms. The van der Waals surface area contributed by atoms with Crippen molar-refractivity contribution in [3.63, 3.8) is 0 Å². The summed E-state index contributed by atoms with van der Waals surface area (Å²) in [6.45, 7) is 5.72. The minimum atomic E-state index is -0.556. The number of hydrogen-bond acceptors (Lipinski definition) is 0. The average Bonchev–Trinajstić information content (AvgIpc) is 2.22. The van der Waals surface area contributed by atoms with Gasteiger partial charge in [-0.1, -0.05) is 13.3 Å². The fourth-order valence-corrected chi connectivity index (χ4v) is 0.342. The van der Waals surface area contributed by atoms with Gasteiger partial charge in [0.1, 0.15) is 0 Å². The predicted molar refractivity (Wildman–Crippen MR) is 57.2 cm³/mol. The second kappa shape index (κ2) is 18.3. The van der Waals surface area contributed by atoms with Gasteiger partial charge in [-0.2, -0.15) is 42.8 Å². The van der Waals surface area contributed by atoms with Crippen LogP contribution in [0.25, 0.3) is 0 Å². The molecule has 0 atom stereocenters. The second-order valence-electron chi connectivity index (χ2n) is 2.00. The summed E-state index contributed by atoms with van der Waals surface area (Å²) in [5.74, 6) is 0. The molecule has 0 N–H and O–H groups in total. The van der Waals surface area contributed by atoms with Gasteiger partial charge >= 0.3 is 35.6 Å². The first kappa shape index (κ1) is 16.0. The average molecular weight is 253 g/mol. The topological polar surface area (TPSA) is 0 Å². The molecule has 0 bridgehead atoms. The summed E-state index contributed by atoms with van der Waals surface area (Å²) in [4.78, 5) is 0. The Morgan fingerprint density at radius 3 is 1.69 bits per heavy atom. The van der Waals surface area contributed by atoms with Gasteiger partial charge in [0.05, 0.1) is 0 Å². The van der Waals surface area contributed by atoms with Crippen molar-refractivity contribution in [3.8, 4) is 0 Å². The molecule has 0 spiro atoms. The molecule has 13 heavy (non-hydrogen) atoms. The van der Waals surface area contributed by atoms with Crippen LogP contribution in [0, 0.1) is 13.0 Å². The van der Waals surface area contributed by atoms with Crippen molar-refractivity contribution >= 4 is 18.6 Å². The molecule has 0 aliphatic rings. The molecule has 0 fully saturated rings. The first-order valence-corrected chi connectivity index (χ1v) is 8.29. The summed E-state index contributed by atoms with van der Waals surface area (Å²) >= 11 is -0.556. The molecule has 74 valence electrons. The molecule has 0 amide bonds. The first-order chi connectivity index (χ1) is 6.33. The molecule has 1 aromatic carbocycles. The normalized spacial score (nSPS) is 7.08. The van der Waals surface area contributed by atoms with Crippen LogP contribution < -0.4 is 0 Å². The summed E-state index contributed by atoms with van der Waals surface area (Å²) in [5, 5.41) is 0. The molecular weight excluding hydrogens is 239 g/mol. The van der Waals surface area contributed by atoms with Crippen LogP contribution in [0.2, 0.25) is 0 Å². The van der Waals surface area contributed by atoms with Gasteiger partial charge < -0.3 is 6.92 Å². The van der Waals surface area contributed by atoms with Crippen molar-refractivity contribution in [3.05, 3.63) is 43.3 Å². The standard InChI is InChI=1S/C6H5.C4H9.2ClH.Ti/c1-2-4-6-5-3-1;1-3-4-2;;;/h1-5H;1,3-4H2,2H3;2*1H;/q2*-1;;;+2/p-2. The molecule has 0 nitrogen and oxygen atoms in total. The van der Waals surface area contributed by atoms with Crippen molar-refractivity contribution in [1.29, 1.82) is 0 Å². The van der Waals surface area contributed by atoms with Crippen molar-refractivity contribution in [2.75, 3.05) is 0 Å². The predicted octanol–water partition coefficient (Wildman–Crippen LogP) is 4.48. The SMILES string of the molecule is [CH2-]CCC.[Cl][Ti][Cl].[c-]1ccccc1. The molecule has 0 unspecified atom stereocenters. The van der Waals surface area contributed by atoms with Crippen LogP contribution in [0.5, 0.6) is 0 Å². The minimum Gasteiger partial charge on any atom is -0.184 e. The van der Waals surface area contributed by atoms with E-state index in [1.54, 1.807) is 0 Å². The van der Waals surface area contributed by atoms with Crippen LogP contribution in [-0.2, 0) is 17.0 Å². The number of rotatable bonds is 1. The van der Waals surface area contributed by atoms with Crippen LogP contribution in [0.3, 0.4) is 0 Å². The zero-order valence-electron chi connectivity index (χ0n) is 7.76. The zero-order chi connectivity index (χ0) is 10.4. The van der Waals surface area contributed by atoms with Gasteiger partial charge in [0.15, 0.2) is 0 Å². The quantitative estimate of drug-likeness (QED) is 0.511. The van der Waals surface area contributed by atoms with Gasteiger partial charge in [0.2, 0.25) is 0 Å². The van der Waals surface area contributed by atoms with E-state index in [1.807, 2.05) is 30.3 Å². The Bertz CT molecular complexity index is 116. The third-order valence-corrected chi connectivity index (χ3v) is 0.961. The molecule has 0 aromatic heterocycles. The van der Waals surface area contributed by atoms with Crippen LogP contribution in [0.4, 0.5) is 0 Å². The maximum Gasteiger partial charge on any atom is -0.171 e. The van der Waals surface area contributed by atoms with Gasteiger partial charge in [0.25, 0.3) is 0 Å². The molecule has 1 aromatic rings. The number of hydrogen-bond donors (Lipinski definition) is 0. The Morgan fingerprint density at radius 1 is 1.23 bits per heavy atom. The van der Waals surface area contributed by atoms with Gasteiger partial charge in [0, 0.05) is 0 Å². The van der Waals surface area contributed by atoms with E-state index in [0.29, 0.717) is 0 Å². The molecule has 0 aliphatic heterocycles. The number of halogens is 2.